The molecule has 7 heteroatoms. The van der Waals surface area contributed by atoms with E-state index in [0.29, 0.717) is 12.4 Å². The molecule has 0 radical (unpaired) electrons. The maximum atomic E-state index is 10.5. The maximum Gasteiger partial charge on any atom is 0.269 e. The van der Waals surface area contributed by atoms with Gasteiger partial charge < -0.3 is 19.3 Å². The number of non-ortho nitro benzene ring substituents is 1. The van der Waals surface area contributed by atoms with Gasteiger partial charge in [-0.2, -0.15) is 0 Å². The average molecular weight is 267 g/mol. The summed E-state index contributed by atoms with van der Waals surface area (Å²) < 4.78 is 16.5. The number of nitro groups is 1. The Morgan fingerprint density at radius 1 is 1.21 bits per heavy atom. The van der Waals surface area contributed by atoms with E-state index in [9.17, 15) is 15.2 Å². The highest BCUT2D eigenvalue weighted by Gasteiger charge is 2.48. The number of rotatable bonds is 3. The van der Waals surface area contributed by atoms with Crippen LogP contribution in [0.1, 0.15) is 0 Å². The number of aliphatic hydroxyl groups is 1. The molecule has 1 aromatic rings. The van der Waals surface area contributed by atoms with Gasteiger partial charge in [0.05, 0.1) is 18.1 Å². The molecule has 19 heavy (non-hydrogen) atoms. The van der Waals surface area contributed by atoms with E-state index in [0.717, 1.165) is 0 Å². The lowest BCUT2D eigenvalue weighted by Crippen LogP contribution is -2.34. The summed E-state index contributed by atoms with van der Waals surface area (Å²) in [6, 6.07) is 5.84. The van der Waals surface area contributed by atoms with Crippen molar-refractivity contribution in [2.24, 2.45) is 0 Å². The first kappa shape index (κ1) is 12.3. The fourth-order valence-corrected chi connectivity index (χ4v) is 2.37. The zero-order valence-electron chi connectivity index (χ0n) is 9.97. The Morgan fingerprint density at radius 3 is 2.58 bits per heavy atom. The third kappa shape index (κ3) is 2.27. The third-order valence-electron chi connectivity index (χ3n) is 3.32. The van der Waals surface area contributed by atoms with E-state index >= 15 is 0 Å². The molecule has 2 aliphatic rings. The quantitative estimate of drug-likeness (QED) is 0.633. The van der Waals surface area contributed by atoms with E-state index in [-0.39, 0.29) is 30.6 Å². The van der Waals surface area contributed by atoms with Gasteiger partial charge in [0.25, 0.3) is 5.69 Å². The SMILES string of the molecule is O=[N+]([O-])c1ccc(O[C@@H]2CO[C@H]3[C@@H]2OC[C@H]3O)cc1. The van der Waals surface area contributed by atoms with Crippen molar-refractivity contribution in [2.45, 2.75) is 24.4 Å². The molecule has 2 aliphatic heterocycles. The van der Waals surface area contributed by atoms with Crippen molar-refractivity contribution in [3.05, 3.63) is 34.4 Å². The number of ether oxygens (including phenoxy) is 3. The van der Waals surface area contributed by atoms with Crippen LogP contribution in [0, 0.1) is 10.1 Å². The number of hydrogen-bond acceptors (Lipinski definition) is 6. The summed E-state index contributed by atoms with van der Waals surface area (Å²) in [6.45, 7) is 0.582. The molecule has 4 atom stereocenters. The summed E-state index contributed by atoms with van der Waals surface area (Å²) in [5, 5.41) is 20.1. The standard InChI is InChI=1S/C12H13NO6/c14-9-5-17-12-10(6-18-11(9)12)19-8-3-1-7(2-4-8)13(15)16/h1-4,9-12,14H,5-6H2/t9-,10-,11-,12-/m1/s1. The predicted octanol–water partition coefficient (Wildman–Crippen LogP) is 0.501. The van der Waals surface area contributed by atoms with E-state index in [1.165, 1.54) is 24.3 Å². The molecular weight excluding hydrogens is 254 g/mol. The molecule has 0 aliphatic carbocycles. The lowest BCUT2D eigenvalue weighted by atomic mass is 10.1. The van der Waals surface area contributed by atoms with Crippen LogP contribution in [0.5, 0.6) is 5.75 Å². The minimum atomic E-state index is -0.615. The first-order chi connectivity index (χ1) is 9.15. The van der Waals surface area contributed by atoms with Gasteiger partial charge in [-0.15, -0.1) is 0 Å². The monoisotopic (exact) mass is 267 g/mol. The van der Waals surface area contributed by atoms with Crippen molar-refractivity contribution < 1.29 is 24.2 Å². The molecule has 1 aromatic carbocycles. The van der Waals surface area contributed by atoms with Crippen LogP contribution in [0.3, 0.4) is 0 Å². The predicted molar refractivity (Wildman–Crippen MR) is 63.0 cm³/mol. The molecule has 3 rings (SSSR count). The lowest BCUT2D eigenvalue weighted by molar-refractivity contribution is -0.384. The Hall–Kier alpha value is -1.70. The van der Waals surface area contributed by atoms with E-state index < -0.39 is 11.0 Å². The van der Waals surface area contributed by atoms with Gasteiger partial charge in [-0.05, 0) is 12.1 Å². The van der Waals surface area contributed by atoms with Crippen LogP contribution in [0.4, 0.5) is 5.69 Å². The van der Waals surface area contributed by atoms with Crippen LogP contribution in [0.15, 0.2) is 24.3 Å². The Labute approximate surface area is 108 Å². The second-order valence-corrected chi connectivity index (χ2v) is 4.57. The molecule has 2 heterocycles. The van der Waals surface area contributed by atoms with Crippen LogP contribution in [0.2, 0.25) is 0 Å². The van der Waals surface area contributed by atoms with Gasteiger partial charge in [0, 0.05) is 12.1 Å². The number of aliphatic hydroxyl groups excluding tert-OH is 1. The largest absolute Gasteiger partial charge is 0.485 e. The molecule has 0 saturated carbocycles. The Kier molecular flexibility index (Phi) is 3.09. The molecule has 0 unspecified atom stereocenters. The normalized spacial score (nSPS) is 33.1. The van der Waals surface area contributed by atoms with Crippen molar-refractivity contribution >= 4 is 5.69 Å². The molecule has 1 N–H and O–H groups in total. The Bertz CT molecular complexity index is 476. The topological polar surface area (TPSA) is 91.1 Å². The van der Waals surface area contributed by atoms with E-state index in [1.807, 2.05) is 0 Å². The van der Waals surface area contributed by atoms with Crippen molar-refractivity contribution in [1.82, 2.24) is 0 Å². The summed E-state index contributed by atoms with van der Waals surface area (Å²) in [5.74, 6) is 0.518. The summed E-state index contributed by atoms with van der Waals surface area (Å²) in [6.07, 6.45) is -1.55. The van der Waals surface area contributed by atoms with Crippen LogP contribution in [-0.4, -0.2) is 47.7 Å². The Balaban J connectivity index is 1.67. The van der Waals surface area contributed by atoms with Gasteiger partial charge in [0.2, 0.25) is 0 Å². The average Bonchev–Trinajstić information content (AvgIpc) is 2.95. The highest BCUT2D eigenvalue weighted by Crippen LogP contribution is 2.30. The maximum absolute atomic E-state index is 10.5. The molecule has 7 nitrogen and oxygen atoms in total. The van der Waals surface area contributed by atoms with E-state index in [4.69, 9.17) is 14.2 Å². The summed E-state index contributed by atoms with van der Waals surface area (Å²) in [7, 11) is 0. The van der Waals surface area contributed by atoms with E-state index in [1.54, 1.807) is 0 Å². The van der Waals surface area contributed by atoms with Gasteiger partial charge in [-0.1, -0.05) is 0 Å². The van der Waals surface area contributed by atoms with Gasteiger partial charge in [0.15, 0.2) is 6.10 Å². The van der Waals surface area contributed by atoms with Crippen LogP contribution in [0.25, 0.3) is 0 Å². The molecule has 0 aromatic heterocycles. The highest BCUT2D eigenvalue weighted by atomic mass is 16.6. The Morgan fingerprint density at radius 2 is 1.89 bits per heavy atom. The van der Waals surface area contributed by atoms with Crippen LogP contribution in [-0.2, 0) is 9.47 Å². The van der Waals surface area contributed by atoms with Gasteiger partial charge >= 0.3 is 0 Å². The third-order valence-corrected chi connectivity index (χ3v) is 3.32. The lowest BCUT2D eigenvalue weighted by Gasteiger charge is -2.17. The minimum Gasteiger partial charge on any atom is -0.485 e. The van der Waals surface area contributed by atoms with Crippen molar-refractivity contribution in [2.75, 3.05) is 13.2 Å². The van der Waals surface area contributed by atoms with Crippen LogP contribution >= 0.6 is 0 Å². The smallest absolute Gasteiger partial charge is 0.269 e. The first-order valence-corrected chi connectivity index (χ1v) is 5.97. The molecule has 102 valence electrons. The summed E-state index contributed by atoms with van der Waals surface area (Å²) >= 11 is 0. The number of benzene rings is 1. The fraction of sp³-hybridized carbons (Fsp3) is 0.500. The van der Waals surface area contributed by atoms with Crippen LogP contribution < -0.4 is 4.74 Å². The molecular formula is C12H13NO6. The van der Waals surface area contributed by atoms with Gasteiger partial charge in [-0.3, -0.25) is 10.1 Å². The summed E-state index contributed by atoms with van der Waals surface area (Å²) in [5.41, 5.74) is 0.0143. The van der Waals surface area contributed by atoms with E-state index in [2.05, 4.69) is 0 Å². The number of nitro benzene ring substituents is 1. The second-order valence-electron chi connectivity index (χ2n) is 4.57. The minimum absolute atomic E-state index is 0.0143. The number of nitrogens with zero attached hydrogens (tertiary/aromatic N) is 1. The summed E-state index contributed by atoms with van der Waals surface area (Å²) in [4.78, 5) is 10.1. The number of hydrogen-bond donors (Lipinski definition) is 1. The zero-order valence-corrected chi connectivity index (χ0v) is 9.97. The highest BCUT2D eigenvalue weighted by molar-refractivity contribution is 5.36. The van der Waals surface area contributed by atoms with Crippen molar-refractivity contribution in [3.8, 4) is 5.75 Å². The zero-order chi connectivity index (χ0) is 13.4. The first-order valence-electron chi connectivity index (χ1n) is 5.97. The van der Waals surface area contributed by atoms with Crippen molar-refractivity contribution in [1.29, 1.82) is 0 Å². The fourth-order valence-electron chi connectivity index (χ4n) is 2.37. The molecule has 2 fully saturated rings. The second kappa shape index (κ2) is 4.76. The number of fused-ring (bicyclic) bond motifs is 1. The molecule has 0 bridgehead atoms. The van der Waals surface area contributed by atoms with Gasteiger partial charge in [0.1, 0.15) is 24.1 Å². The van der Waals surface area contributed by atoms with Gasteiger partial charge in [-0.25, -0.2) is 0 Å². The molecule has 0 spiro atoms. The molecule has 2 saturated heterocycles. The molecule has 0 amide bonds. The van der Waals surface area contributed by atoms with Crippen molar-refractivity contribution in [3.63, 3.8) is 0 Å².